The van der Waals surface area contributed by atoms with Gasteiger partial charge in [0.05, 0.1) is 6.61 Å². The quantitative estimate of drug-likeness (QED) is 0.665. The van der Waals surface area contributed by atoms with Gasteiger partial charge in [-0.3, -0.25) is 0 Å². The molecule has 3 heteroatoms. The molecule has 0 bridgehead atoms. The predicted octanol–water partition coefficient (Wildman–Crippen LogP) is 1.88. The Bertz CT molecular complexity index is 132. The first-order valence-electron chi connectivity index (χ1n) is 5.05. The fourth-order valence-electron chi connectivity index (χ4n) is 1.60. The first-order chi connectivity index (χ1) is 6.08. The smallest absolute Gasteiger partial charge is 0.0611 e. The topological polar surface area (TPSA) is 32.3 Å². The molecule has 0 saturated carbocycles. The lowest BCUT2D eigenvalue weighted by atomic mass is 9.97. The molecule has 0 spiro atoms. The zero-order chi connectivity index (χ0) is 10.3. The highest BCUT2D eigenvalue weighted by Crippen LogP contribution is 2.21. The summed E-state index contributed by atoms with van der Waals surface area (Å²) in [6.07, 6.45) is 1.02. The molecule has 0 aliphatic rings. The van der Waals surface area contributed by atoms with Gasteiger partial charge in [-0.25, -0.2) is 0 Å². The first-order valence-corrected chi connectivity index (χ1v) is 6.10. The number of hydrogen-bond acceptors (Lipinski definition) is 3. The molecule has 13 heavy (non-hydrogen) atoms. The van der Waals surface area contributed by atoms with Gasteiger partial charge in [-0.05, 0) is 25.6 Å². The van der Waals surface area contributed by atoms with E-state index in [4.69, 9.17) is 0 Å². The Morgan fingerprint density at radius 1 is 1.46 bits per heavy atom. The number of aliphatic hydroxyl groups is 1. The highest BCUT2D eigenvalue weighted by Gasteiger charge is 2.24. The van der Waals surface area contributed by atoms with E-state index < -0.39 is 0 Å². The van der Waals surface area contributed by atoms with Gasteiger partial charge in [-0.15, -0.1) is 0 Å². The van der Waals surface area contributed by atoms with Crippen molar-refractivity contribution in [2.75, 3.05) is 18.9 Å². The van der Waals surface area contributed by atoms with Crippen molar-refractivity contribution in [3.8, 4) is 0 Å². The summed E-state index contributed by atoms with van der Waals surface area (Å²) in [5, 5.41) is 13.2. The third kappa shape index (κ3) is 5.55. The molecule has 0 saturated heterocycles. The van der Waals surface area contributed by atoms with Crippen LogP contribution in [-0.2, 0) is 0 Å². The molecule has 0 aliphatic carbocycles. The van der Waals surface area contributed by atoms with Crippen molar-refractivity contribution in [3.63, 3.8) is 0 Å². The molecule has 0 aliphatic heterocycles. The number of hydrogen-bond donors (Lipinski definition) is 2. The summed E-state index contributed by atoms with van der Waals surface area (Å²) < 4.78 is 0. The van der Waals surface area contributed by atoms with Gasteiger partial charge in [-0.2, -0.15) is 11.8 Å². The van der Waals surface area contributed by atoms with Crippen molar-refractivity contribution in [1.82, 2.24) is 5.32 Å². The van der Waals surface area contributed by atoms with Crippen molar-refractivity contribution < 1.29 is 5.11 Å². The minimum atomic E-state index is -0.101. The molecule has 0 fully saturated rings. The van der Waals surface area contributed by atoms with Crippen LogP contribution in [0, 0.1) is 0 Å². The molecule has 2 N–H and O–H groups in total. The van der Waals surface area contributed by atoms with Crippen LogP contribution < -0.4 is 5.32 Å². The van der Waals surface area contributed by atoms with Crippen molar-refractivity contribution in [3.05, 3.63) is 0 Å². The number of aliphatic hydroxyl groups excluding tert-OH is 1. The molecule has 2 unspecified atom stereocenters. The van der Waals surface area contributed by atoms with E-state index in [0.717, 1.165) is 18.7 Å². The van der Waals surface area contributed by atoms with Crippen LogP contribution in [0.5, 0.6) is 0 Å². The zero-order valence-electron chi connectivity index (χ0n) is 9.26. The Hall–Kier alpha value is 0.270. The molecular formula is C10H23NOS. The first kappa shape index (κ1) is 13.3. The van der Waals surface area contributed by atoms with Gasteiger partial charge in [-0.1, -0.05) is 20.8 Å². The zero-order valence-corrected chi connectivity index (χ0v) is 10.1. The van der Waals surface area contributed by atoms with E-state index in [-0.39, 0.29) is 12.1 Å². The third-order valence-corrected chi connectivity index (χ3v) is 3.21. The van der Waals surface area contributed by atoms with Gasteiger partial charge in [0.15, 0.2) is 0 Å². The molecule has 0 aromatic rings. The van der Waals surface area contributed by atoms with E-state index in [0.29, 0.717) is 5.25 Å². The minimum Gasteiger partial charge on any atom is -0.394 e. The van der Waals surface area contributed by atoms with Gasteiger partial charge in [0.1, 0.15) is 0 Å². The Balaban J connectivity index is 3.93. The maximum absolute atomic E-state index is 9.26. The molecule has 0 aromatic heterocycles. The van der Waals surface area contributed by atoms with Gasteiger partial charge >= 0.3 is 0 Å². The van der Waals surface area contributed by atoms with E-state index in [1.165, 1.54) is 0 Å². The summed E-state index contributed by atoms with van der Waals surface area (Å²) in [4.78, 5) is 0. The Morgan fingerprint density at radius 3 is 2.46 bits per heavy atom. The van der Waals surface area contributed by atoms with Crippen LogP contribution in [0.2, 0.25) is 0 Å². The van der Waals surface area contributed by atoms with Crippen LogP contribution in [0.3, 0.4) is 0 Å². The fourth-order valence-corrected chi connectivity index (χ4v) is 2.65. The van der Waals surface area contributed by atoms with Gasteiger partial charge < -0.3 is 10.4 Å². The standard InChI is InChI=1S/C10H23NOS/c1-5-11-10(4,8-12)7-9(3)13-6-2/h9,11-12H,5-8H2,1-4H3. The van der Waals surface area contributed by atoms with Crippen molar-refractivity contribution in [2.45, 2.75) is 44.9 Å². The van der Waals surface area contributed by atoms with E-state index in [2.05, 4.69) is 33.0 Å². The van der Waals surface area contributed by atoms with Crippen LogP contribution >= 0.6 is 11.8 Å². The number of rotatable bonds is 7. The summed E-state index contributed by atoms with van der Waals surface area (Å²) in [5.41, 5.74) is -0.101. The van der Waals surface area contributed by atoms with Crippen molar-refractivity contribution >= 4 is 11.8 Å². The van der Waals surface area contributed by atoms with Crippen LogP contribution in [-0.4, -0.2) is 34.8 Å². The van der Waals surface area contributed by atoms with E-state index >= 15 is 0 Å². The Kier molecular flexibility index (Phi) is 6.82. The van der Waals surface area contributed by atoms with Crippen LogP contribution in [0.15, 0.2) is 0 Å². The average molecular weight is 205 g/mol. The van der Waals surface area contributed by atoms with Crippen LogP contribution in [0.1, 0.15) is 34.1 Å². The van der Waals surface area contributed by atoms with E-state index in [9.17, 15) is 5.11 Å². The molecule has 0 rings (SSSR count). The SMILES string of the molecule is CCNC(C)(CO)CC(C)SCC. The highest BCUT2D eigenvalue weighted by atomic mass is 32.2. The number of nitrogens with one attached hydrogen (secondary N) is 1. The summed E-state index contributed by atoms with van der Waals surface area (Å²) in [5.74, 6) is 1.15. The Morgan fingerprint density at radius 2 is 2.08 bits per heavy atom. The minimum absolute atomic E-state index is 0.101. The molecule has 2 atom stereocenters. The normalized spacial score (nSPS) is 18.2. The summed E-state index contributed by atoms with van der Waals surface area (Å²) in [6.45, 7) is 9.69. The van der Waals surface area contributed by atoms with E-state index in [1.54, 1.807) is 0 Å². The second-order valence-corrected chi connectivity index (χ2v) is 5.43. The third-order valence-electron chi connectivity index (χ3n) is 2.14. The average Bonchev–Trinajstić information content (AvgIpc) is 2.05. The molecule has 0 heterocycles. The lowest BCUT2D eigenvalue weighted by Gasteiger charge is -2.30. The molecular weight excluding hydrogens is 182 g/mol. The maximum Gasteiger partial charge on any atom is 0.0611 e. The van der Waals surface area contributed by atoms with E-state index in [1.807, 2.05) is 11.8 Å². The Labute approximate surface area is 86.5 Å². The monoisotopic (exact) mass is 205 g/mol. The van der Waals surface area contributed by atoms with Crippen LogP contribution in [0.25, 0.3) is 0 Å². The van der Waals surface area contributed by atoms with Crippen molar-refractivity contribution in [1.29, 1.82) is 0 Å². The number of likely N-dealkylation sites (N-methyl/N-ethyl adjacent to an activating group) is 1. The lowest BCUT2D eigenvalue weighted by Crippen LogP contribution is -2.47. The van der Waals surface area contributed by atoms with Crippen molar-refractivity contribution in [2.24, 2.45) is 0 Å². The summed E-state index contributed by atoms with van der Waals surface area (Å²) in [6, 6.07) is 0. The van der Waals surface area contributed by atoms with Gasteiger partial charge in [0, 0.05) is 10.8 Å². The fraction of sp³-hybridized carbons (Fsp3) is 1.00. The largest absolute Gasteiger partial charge is 0.394 e. The molecule has 0 aromatic carbocycles. The summed E-state index contributed by atoms with van der Waals surface area (Å²) in [7, 11) is 0. The lowest BCUT2D eigenvalue weighted by molar-refractivity contribution is 0.168. The maximum atomic E-state index is 9.26. The molecule has 80 valence electrons. The number of thioether (sulfide) groups is 1. The predicted molar refractivity (Wildman–Crippen MR) is 61.4 cm³/mol. The molecule has 0 amide bonds. The van der Waals surface area contributed by atoms with Gasteiger partial charge in [0.25, 0.3) is 0 Å². The van der Waals surface area contributed by atoms with Gasteiger partial charge in [0.2, 0.25) is 0 Å². The second kappa shape index (κ2) is 6.68. The summed E-state index contributed by atoms with van der Waals surface area (Å²) >= 11 is 1.95. The highest BCUT2D eigenvalue weighted by molar-refractivity contribution is 7.99. The second-order valence-electron chi connectivity index (χ2n) is 3.72. The molecule has 0 radical (unpaired) electrons. The van der Waals surface area contributed by atoms with Crippen LogP contribution in [0.4, 0.5) is 0 Å². The molecule has 2 nitrogen and oxygen atoms in total.